The van der Waals surface area contributed by atoms with E-state index < -0.39 is 0 Å². The maximum absolute atomic E-state index is 12.2. The molecule has 0 fully saturated rings. The maximum atomic E-state index is 12.2. The van der Waals surface area contributed by atoms with Crippen molar-refractivity contribution in [1.82, 2.24) is 10.2 Å². The number of hydrogen-bond donors (Lipinski definition) is 2. The van der Waals surface area contributed by atoms with E-state index in [0.29, 0.717) is 35.4 Å². The van der Waals surface area contributed by atoms with Gasteiger partial charge in [-0.05, 0) is 54.6 Å². The Morgan fingerprint density at radius 1 is 1.00 bits per heavy atom. The number of rotatable bonds is 8. The van der Waals surface area contributed by atoms with Gasteiger partial charge in [0.15, 0.2) is 5.82 Å². The molecule has 7 nitrogen and oxygen atoms in total. The summed E-state index contributed by atoms with van der Waals surface area (Å²) in [6, 6.07) is 17.4. The van der Waals surface area contributed by atoms with E-state index in [0.717, 1.165) is 11.5 Å². The molecule has 8 heteroatoms. The zero-order valence-corrected chi connectivity index (χ0v) is 15.9. The Bertz CT molecular complexity index is 917. The first-order chi connectivity index (χ1) is 13.6. The fourth-order valence-corrected chi connectivity index (χ4v) is 2.52. The molecular weight excluding hydrogens is 380 g/mol. The van der Waals surface area contributed by atoms with Gasteiger partial charge >= 0.3 is 0 Å². The van der Waals surface area contributed by atoms with Crippen molar-refractivity contribution in [3.8, 4) is 11.5 Å². The fraction of sp³-hybridized carbons (Fsp3) is 0.150. The molecule has 0 atom stereocenters. The molecule has 0 bridgehead atoms. The van der Waals surface area contributed by atoms with Crippen molar-refractivity contribution in [2.45, 2.75) is 0 Å². The summed E-state index contributed by atoms with van der Waals surface area (Å²) in [4.78, 5) is 12.2. The van der Waals surface area contributed by atoms with Crippen molar-refractivity contribution in [2.75, 3.05) is 30.9 Å². The van der Waals surface area contributed by atoms with Crippen LogP contribution in [0.1, 0.15) is 10.4 Å². The van der Waals surface area contributed by atoms with Gasteiger partial charge in [-0.25, -0.2) is 0 Å². The molecule has 0 spiro atoms. The van der Waals surface area contributed by atoms with Gasteiger partial charge < -0.3 is 20.1 Å². The second-order valence-electron chi connectivity index (χ2n) is 5.72. The third-order valence-corrected chi connectivity index (χ3v) is 3.96. The molecule has 0 aliphatic rings. The molecule has 3 rings (SSSR count). The third-order valence-electron chi connectivity index (χ3n) is 3.73. The minimum atomic E-state index is -0.301. The SMILES string of the molecule is COc1ccc(OCCNc2ccc(NC(=O)c3cccc(Cl)c3)nn2)cc1. The highest BCUT2D eigenvalue weighted by molar-refractivity contribution is 6.31. The molecular formula is C20H19ClN4O3. The predicted octanol–water partition coefficient (Wildman–Crippen LogP) is 3.88. The molecule has 0 aliphatic carbocycles. The lowest BCUT2D eigenvalue weighted by Crippen LogP contribution is -2.15. The predicted molar refractivity (Wildman–Crippen MR) is 108 cm³/mol. The van der Waals surface area contributed by atoms with Gasteiger partial charge in [0, 0.05) is 10.6 Å². The van der Waals surface area contributed by atoms with Crippen molar-refractivity contribution in [3.05, 3.63) is 71.2 Å². The number of ether oxygens (including phenoxy) is 2. The molecule has 1 heterocycles. The topological polar surface area (TPSA) is 85.4 Å². The van der Waals surface area contributed by atoms with Crippen molar-refractivity contribution in [2.24, 2.45) is 0 Å². The highest BCUT2D eigenvalue weighted by Crippen LogP contribution is 2.17. The zero-order valence-electron chi connectivity index (χ0n) is 15.2. The van der Waals surface area contributed by atoms with Crippen LogP contribution in [0.25, 0.3) is 0 Å². The van der Waals surface area contributed by atoms with Crippen LogP contribution < -0.4 is 20.1 Å². The van der Waals surface area contributed by atoms with Gasteiger partial charge in [0.05, 0.1) is 13.7 Å². The van der Waals surface area contributed by atoms with Gasteiger partial charge in [0.1, 0.15) is 23.9 Å². The molecule has 0 unspecified atom stereocenters. The molecule has 2 aromatic carbocycles. The van der Waals surface area contributed by atoms with Crippen molar-refractivity contribution < 1.29 is 14.3 Å². The van der Waals surface area contributed by atoms with E-state index in [-0.39, 0.29) is 5.91 Å². The number of aromatic nitrogens is 2. The largest absolute Gasteiger partial charge is 0.497 e. The number of anilines is 2. The smallest absolute Gasteiger partial charge is 0.256 e. The van der Waals surface area contributed by atoms with E-state index in [4.69, 9.17) is 21.1 Å². The number of methoxy groups -OCH3 is 1. The third kappa shape index (κ3) is 5.59. The lowest BCUT2D eigenvalue weighted by Gasteiger charge is -2.09. The van der Waals surface area contributed by atoms with Crippen molar-refractivity contribution in [1.29, 1.82) is 0 Å². The van der Waals surface area contributed by atoms with E-state index in [1.165, 1.54) is 0 Å². The van der Waals surface area contributed by atoms with Gasteiger partial charge in [0.2, 0.25) is 0 Å². The number of nitrogens with zero attached hydrogens (tertiary/aromatic N) is 2. The quantitative estimate of drug-likeness (QED) is 0.560. The molecule has 144 valence electrons. The van der Waals surface area contributed by atoms with Crippen molar-refractivity contribution in [3.63, 3.8) is 0 Å². The Labute approximate surface area is 167 Å². The van der Waals surface area contributed by atoms with Crippen LogP contribution in [0.2, 0.25) is 5.02 Å². The molecule has 1 amide bonds. The summed E-state index contributed by atoms with van der Waals surface area (Å²) in [5, 5.41) is 14.3. The number of carbonyl (C=O) groups is 1. The first-order valence-corrected chi connectivity index (χ1v) is 8.93. The minimum absolute atomic E-state index is 0.301. The number of nitrogens with one attached hydrogen (secondary N) is 2. The van der Waals surface area contributed by atoms with E-state index in [1.807, 2.05) is 24.3 Å². The average Bonchev–Trinajstić information content (AvgIpc) is 2.73. The number of halogens is 1. The highest BCUT2D eigenvalue weighted by atomic mass is 35.5. The van der Waals surface area contributed by atoms with E-state index in [2.05, 4.69) is 20.8 Å². The summed E-state index contributed by atoms with van der Waals surface area (Å²) in [7, 11) is 1.62. The lowest BCUT2D eigenvalue weighted by molar-refractivity contribution is 0.102. The fourth-order valence-electron chi connectivity index (χ4n) is 2.33. The number of carbonyl (C=O) groups excluding carboxylic acids is 1. The number of benzene rings is 2. The highest BCUT2D eigenvalue weighted by Gasteiger charge is 2.07. The molecule has 0 aliphatic heterocycles. The molecule has 3 aromatic rings. The zero-order chi connectivity index (χ0) is 19.8. The van der Waals surface area contributed by atoms with Gasteiger partial charge in [-0.2, -0.15) is 0 Å². The summed E-state index contributed by atoms with van der Waals surface area (Å²) in [6.07, 6.45) is 0. The number of amides is 1. The molecule has 1 aromatic heterocycles. The Morgan fingerprint density at radius 2 is 1.71 bits per heavy atom. The molecule has 0 saturated heterocycles. The van der Waals surface area contributed by atoms with E-state index >= 15 is 0 Å². The summed E-state index contributed by atoms with van der Waals surface area (Å²) >= 11 is 5.89. The Morgan fingerprint density at radius 3 is 2.39 bits per heavy atom. The first-order valence-electron chi connectivity index (χ1n) is 8.55. The summed E-state index contributed by atoms with van der Waals surface area (Å²) in [5.74, 6) is 2.17. The van der Waals surface area contributed by atoms with Crippen LogP contribution in [0.4, 0.5) is 11.6 Å². The average molecular weight is 399 g/mol. The Kier molecular flexibility index (Phi) is 6.64. The van der Waals surface area contributed by atoms with Crippen molar-refractivity contribution >= 4 is 29.1 Å². The minimum Gasteiger partial charge on any atom is -0.497 e. The molecule has 0 saturated carbocycles. The van der Waals surface area contributed by atoms with Crippen LogP contribution in [0.5, 0.6) is 11.5 Å². The van der Waals surface area contributed by atoms with E-state index in [1.54, 1.807) is 43.5 Å². The van der Waals surface area contributed by atoms with E-state index in [9.17, 15) is 4.79 Å². The summed E-state index contributed by atoms with van der Waals surface area (Å²) in [6.45, 7) is 1.01. The van der Waals surface area contributed by atoms with Crippen LogP contribution in [-0.2, 0) is 0 Å². The maximum Gasteiger partial charge on any atom is 0.256 e. The van der Waals surface area contributed by atoms with Crippen LogP contribution in [0, 0.1) is 0 Å². The van der Waals surface area contributed by atoms with Crippen LogP contribution in [-0.4, -0.2) is 36.4 Å². The Balaban J connectivity index is 1.44. The second kappa shape index (κ2) is 9.57. The van der Waals surface area contributed by atoms with Crippen LogP contribution in [0.3, 0.4) is 0 Å². The van der Waals surface area contributed by atoms with Gasteiger partial charge in [-0.1, -0.05) is 17.7 Å². The van der Waals surface area contributed by atoms with Gasteiger partial charge in [0.25, 0.3) is 5.91 Å². The molecule has 28 heavy (non-hydrogen) atoms. The summed E-state index contributed by atoms with van der Waals surface area (Å²) < 4.78 is 10.7. The lowest BCUT2D eigenvalue weighted by atomic mass is 10.2. The number of hydrogen-bond acceptors (Lipinski definition) is 6. The molecule has 0 radical (unpaired) electrons. The van der Waals surface area contributed by atoms with Gasteiger partial charge in [-0.15, -0.1) is 10.2 Å². The van der Waals surface area contributed by atoms with Crippen LogP contribution in [0.15, 0.2) is 60.7 Å². The van der Waals surface area contributed by atoms with Gasteiger partial charge in [-0.3, -0.25) is 4.79 Å². The van der Waals surface area contributed by atoms with Crippen LogP contribution >= 0.6 is 11.6 Å². The molecule has 2 N–H and O–H groups in total. The second-order valence-corrected chi connectivity index (χ2v) is 6.16. The standard InChI is InChI=1S/C20H19ClN4O3/c1-27-16-5-7-17(8-6-16)28-12-11-22-18-9-10-19(25-24-18)23-20(26)14-3-2-4-15(21)13-14/h2-10,13H,11-12H2,1H3,(H,22,24)(H,23,25,26). The monoisotopic (exact) mass is 398 g/mol. The summed E-state index contributed by atoms with van der Waals surface area (Å²) in [5.41, 5.74) is 0.451. The normalized spacial score (nSPS) is 10.2. The first kappa shape index (κ1) is 19.4. The Hall–Kier alpha value is -3.32.